The molecule has 2 heterocycles. The van der Waals surface area contributed by atoms with Gasteiger partial charge in [-0.15, -0.1) is 0 Å². The fraction of sp³-hybridized carbons (Fsp3) is 0.923. The van der Waals surface area contributed by atoms with E-state index in [0.717, 1.165) is 45.2 Å². The lowest BCUT2D eigenvalue weighted by Gasteiger charge is -2.32. The number of ether oxygens (including phenoxy) is 1. The fourth-order valence-corrected chi connectivity index (χ4v) is 3.03. The quantitative estimate of drug-likeness (QED) is 0.573. The summed E-state index contributed by atoms with van der Waals surface area (Å²) < 4.78 is 5.41. The average Bonchev–Trinajstić information content (AvgIpc) is 2.84. The summed E-state index contributed by atoms with van der Waals surface area (Å²) in [7, 11) is 0. The first kappa shape index (κ1) is 14.2. The molecule has 0 aliphatic carbocycles. The second-order valence-corrected chi connectivity index (χ2v) is 5.84. The Kier molecular flexibility index (Phi) is 5.82. The molecule has 2 rings (SSSR count). The lowest BCUT2D eigenvalue weighted by atomic mass is 10.2. The molecule has 0 amide bonds. The van der Waals surface area contributed by atoms with Gasteiger partial charge >= 0.3 is 0 Å². The molecule has 18 heavy (non-hydrogen) atoms. The molecule has 2 aliphatic rings. The van der Waals surface area contributed by atoms with Crippen LogP contribution in [0, 0.1) is 0 Å². The van der Waals surface area contributed by atoms with Crippen molar-refractivity contribution in [2.75, 3.05) is 45.9 Å². The molecule has 0 bridgehead atoms. The third-order valence-electron chi connectivity index (χ3n) is 3.96. The highest BCUT2D eigenvalue weighted by Crippen LogP contribution is 2.17. The molecular formula is C13H25N3OS. The normalized spacial score (nSPS) is 26.6. The average molecular weight is 271 g/mol. The number of rotatable bonds is 6. The van der Waals surface area contributed by atoms with Gasteiger partial charge in [-0.1, -0.05) is 12.2 Å². The molecule has 5 heteroatoms. The zero-order valence-corrected chi connectivity index (χ0v) is 12.0. The number of nitrogens with two attached hydrogens (primary N) is 1. The van der Waals surface area contributed by atoms with Crippen molar-refractivity contribution in [1.29, 1.82) is 0 Å². The number of hydrogen-bond donors (Lipinski definition) is 1. The van der Waals surface area contributed by atoms with Crippen molar-refractivity contribution in [3.8, 4) is 0 Å². The molecule has 2 saturated heterocycles. The Morgan fingerprint density at radius 3 is 2.72 bits per heavy atom. The van der Waals surface area contributed by atoms with E-state index >= 15 is 0 Å². The molecule has 2 fully saturated rings. The lowest BCUT2D eigenvalue weighted by Crippen LogP contribution is -2.44. The van der Waals surface area contributed by atoms with Crippen LogP contribution in [0.4, 0.5) is 0 Å². The highest BCUT2D eigenvalue weighted by Gasteiger charge is 2.28. The number of hydrogen-bond acceptors (Lipinski definition) is 4. The predicted molar refractivity (Wildman–Crippen MR) is 77.9 cm³/mol. The Morgan fingerprint density at radius 1 is 1.22 bits per heavy atom. The predicted octanol–water partition coefficient (Wildman–Crippen LogP) is 0.849. The van der Waals surface area contributed by atoms with E-state index in [9.17, 15) is 0 Å². The molecule has 0 aromatic rings. The molecule has 2 N–H and O–H groups in total. The molecule has 104 valence electrons. The van der Waals surface area contributed by atoms with Crippen molar-refractivity contribution in [1.82, 2.24) is 9.80 Å². The summed E-state index contributed by atoms with van der Waals surface area (Å²) in [5.74, 6) is 0. The third-order valence-corrected chi connectivity index (χ3v) is 4.16. The van der Waals surface area contributed by atoms with E-state index in [1.54, 1.807) is 0 Å². The van der Waals surface area contributed by atoms with Crippen LogP contribution in [0.2, 0.25) is 0 Å². The van der Waals surface area contributed by atoms with E-state index in [2.05, 4.69) is 9.80 Å². The zero-order valence-electron chi connectivity index (χ0n) is 11.1. The molecule has 4 nitrogen and oxygen atoms in total. The van der Waals surface area contributed by atoms with E-state index in [4.69, 9.17) is 22.7 Å². The van der Waals surface area contributed by atoms with Gasteiger partial charge in [-0.05, 0) is 38.8 Å². The molecule has 0 radical (unpaired) electrons. The Labute approximate surface area is 115 Å². The van der Waals surface area contributed by atoms with Gasteiger partial charge in [0.05, 0.1) is 18.2 Å². The first-order valence-corrected chi connectivity index (χ1v) is 7.49. The Bertz CT molecular complexity index is 269. The summed E-state index contributed by atoms with van der Waals surface area (Å²) in [6, 6.07) is 0.754. The van der Waals surface area contributed by atoms with E-state index < -0.39 is 0 Å². The van der Waals surface area contributed by atoms with Gasteiger partial charge in [0.1, 0.15) is 0 Å². The van der Waals surface area contributed by atoms with E-state index in [1.807, 2.05) is 0 Å². The minimum Gasteiger partial charge on any atom is -0.393 e. The molecule has 0 spiro atoms. The summed E-state index contributed by atoms with van der Waals surface area (Å²) in [5.41, 5.74) is 5.51. The minimum atomic E-state index is 0.655. The van der Waals surface area contributed by atoms with Crippen LogP contribution in [-0.2, 0) is 4.74 Å². The first-order valence-electron chi connectivity index (χ1n) is 7.08. The monoisotopic (exact) mass is 271 g/mol. The van der Waals surface area contributed by atoms with E-state index in [1.165, 1.54) is 32.5 Å². The van der Waals surface area contributed by atoms with Gasteiger partial charge in [-0.3, -0.25) is 4.90 Å². The summed E-state index contributed by atoms with van der Waals surface area (Å²) in [5, 5.41) is 0. The fourth-order valence-electron chi connectivity index (χ4n) is 2.89. The van der Waals surface area contributed by atoms with Crippen molar-refractivity contribution in [2.24, 2.45) is 5.73 Å². The van der Waals surface area contributed by atoms with Crippen molar-refractivity contribution < 1.29 is 4.74 Å². The number of nitrogens with zero attached hydrogens (tertiary/aromatic N) is 2. The zero-order chi connectivity index (χ0) is 12.8. The van der Waals surface area contributed by atoms with Gasteiger partial charge in [0.15, 0.2) is 0 Å². The summed E-state index contributed by atoms with van der Waals surface area (Å²) in [4.78, 5) is 5.83. The maximum absolute atomic E-state index is 5.51. The second-order valence-electron chi connectivity index (χ2n) is 5.31. The van der Waals surface area contributed by atoms with Crippen LogP contribution in [0.1, 0.15) is 25.7 Å². The van der Waals surface area contributed by atoms with Gasteiger partial charge in [-0.25, -0.2) is 0 Å². The van der Waals surface area contributed by atoms with E-state index in [-0.39, 0.29) is 0 Å². The Morgan fingerprint density at radius 2 is 2.00 bits per heavy atom. The van der Waals surface area contributed by atoms with Crippen LogP contribution in [0.25, 0.3) is 0 Å². The third kappa shape index (κ3) is 4.46. The summed E-state index contributed by atoms with van der Waals surface area (Å²) in [6.07, 6.45) is 4.56. The summed E-state index contributed by atoms with van der Waals surface area (Å²) >= 11 is 4.89. The van der Waals surface area contributed by atoms with Crippen molar-refractivity contribution in [3.63, 3.8) is 0 Å². The summed E-state index contributed by atoms with van der Waals surface area (Å²) in [6.45, 7) is 7.71. The van der Waals surface area contributed by atoms with E-state index in [0.29, 0.717) is 4.99 Å². The van der Waals surface area contributed by atoms with Gasteiger partial charge in [0.2, 0.25) is 0 Å². The SMILES string of the molecule is NC(=S)CCCCN1CCC(N2CCOCC2)C1. The van der Waals surface area contributed by atoms with Gasteiger partial charge in [-0.2, -0.15) is 0 Å². The number of likely N-dealkylation sites (tertiary alicyclic amines) is 1. The highest BCUT2D eigenvalue weighted by atomic mass is 32.1. The molecule has 0 saturated carbocycles. The van der Waals surface area contributed by atoms with Crippen LogP contribution in [-0.4, -0.2) is 66.8 Å². The smallest absolute Gasteiger partial charge is 0.0727 e. The molecule has 2 aliphatic heterocycles. The molecular weight excluding hydrogens is 246 g/mol. The van der Waals surface area contributed by atoms with Crippen molar-refractivity contribution in [2.45, 2.75) is 31.7 Å². The highest BCUT2D eigenvalue weighted by molar-refractivity contribution is 7.80. The largest absolute Gasteiger partial charge is 0.393 e. The number of unbranched alkanes of at least 4 members (excludes halogenated alkanes) is 1. The van der Waals surface area contributed by atoms with Gasteiger partial charge in [0, 0.05) is 25.7 Å². The second kappa shape index (κ2) is 7.38. The topological polar surface area (TPSA) is 41.7 Å². The minimum absolute atomic E-state index is 0.655. The van der Waals surface area contributed by atoms with Gasteiger partial charge < -0.3 is 15.4 Å². The van der Waals surface area contributed by atoms with Crippen molar-refractivity contribution >= 4 is 17.2 Å². The number of thiocarbonyl (C=S) groups is 1. The van der Waals surface area contributed by atoms with Crippen LogP contribution >= 0.6 is 12.2 Å². The molecule has 0 aromatic heterocycles. The molecule has 0 aromatic carbocycles. The number of morpholine rings is 1. The van der Waals surface area contributed by atoms with Crippen molar-refractivity contribution in [3.05, 3.63) is 0 Å². The Hall–Kier alpha value is -0.230. The van der Waals surface area contributed by atoms with Gasteiger partial charge in [0.25, 0.3) is 0 Å². The molecule has 1 atom stereocenters. The maximum Gasteiger partial charge on any atom is 0.0727 e. The lowest BCUT2D eigenvalue weighted by molar-refractivity contribution is 0.0185. The van der Waals surface area contributed by atoms with Crippen LogP contribution in [0.3, 0.4) is 0 Å². The Balaban J connectivity index is 1.60. The molecule has 1 unspecified atom stereocenters. The van der Waals surface area contributed by atoms with Crippen LogP contribution < -0.4 is 5.73 Å². The van der Waals surface area contributed by atoms with Crippen LogP contribution in [0.5, 0.6) is 0 Å². The maximum atomic E-state index is 5.51. The first-order chi connectivity index (χ1) is 8.75. The van der Waals surface area contributed by atoms with Crippen LogP contribution in [0.15, 0.2) is 0 Å². The standard InChI is InChI=1S/C13H25N3OS/c14-13(18)3-1-2-5-15-6-4-12(11-15)16-7-9-17-10-8-16/h12H,1-11H2,(H2,14,18).